The van der Waals surface area contributed by atoms with Gasteiger partial charge in [0.05, 0.1) is 17.6 Å². The van der Waals surface area contributed by atoms with E-state index in [0.717, 1.165) is 32.8 Å². The summed E-state index contributed by atoms with van der Waals surface area (Å²) in [6, 6.07) is 10.2. The molecule has 126 valence electrons. The summed E-state index contributed by atoms with van der Waals surface area (Å²) in [6.45, 7) is 0.821. The molecule has 1 aliphatic heterocycles. The van der Waals surface area contributed by atoms with Gasteiger partial charge in [0.2, 0.25) is 0 Å². The lowest BCUT2D eigenvalue weighted by molar-refractivity contribution is 0.298. The number of anilines is 3. The third-order valence-electron chi connectivity index (χ3n) is 3.86. The first-order chi connectivity index (χ1) is 12.3. The van der Waals surface area contributed by atoms with E-state index in [9.17, 15) is 0 Å². The van der Waals surface area contributed by atoms with E-state index >= 15 is 0 Å². The number of aromatic nitrogens is 3. The molecule has 0 radical (unpaired) electrons. The topological polar surface area (TPSA) is 83.0 Å². The van der Waals surface area contributed by atoms with Crippen molar-refractivity contribution in [1.29, 1.82) is 0 Å². The van der Waals surface area contributed by atoms with Crippen molar-refractivity contribution in [2.24, 2.45) is 0 Å². The van der Waals surface area contributed by atoms with E-state index in [1.807, 2.05) is 12.1 Å². The SMILES string of the molecule is OCCc1ccc(NCc2ccc3c(c2)Nc2nccnc2S3)cn1. The molecule has 0 amide bonds. The number of hydrogen-bond donors (Lipinski definition) is 3. The molecule has 1 aliphatic rings. The van der Waals surface area contributed by atoms with Crippen molar-refractivity contribution in [2.45, 2.75) is 22.9 Å². The van der Waals surface area contributed by atoms with Gasteiger partial charge in [0.25, 0.3) is 0 Å². The second-order valence-corrected chi connectivity index (χ2v) is 6.66. The van der Waals surface area contributed by atoms with Gasteiger partial charge < -0.3 is 15.7 Å². The third kappa shape index (κ3) is 3.57. The first-order valence-corrected chi connectivity index (χ1v) is 8.82. The lowest BCUT2D eigenvalue weighted by Crippen LogP contribution is -2.05. The molecule has 0 saturated heterocycles. The summed E-state index contributed by atoms with van der Waals surface area (Å²) < 4.78 is 0. The van der Waals surface area contributed by atoms with Crippen LogP contribution in [0.4, 0.5) is 17.2 Å². The minimum absolute atomic E-state index is 0.118. The second-order valence-electron chi connectivity index (χ2n) is 5.63. The molecule has 6 nitrogen and oxygen atoms in total. The van der Waals surface area contributed by atoms with Gasteiger partial charge in [-0.05, 0) is 29.8 Å². The monoisotopic (exact) mass is 351 g/mol. The van der Waals surface area contributed by atoms with Crippen molar-refractivity contribution >= 4 is 29.0 Å². The maximum Gasteiger partial charge on any atom is 0.163 e. The van der Waals surface area contributed by atoms with E-state index in [0.29, 0.717) is 13.0 Å². The smallest absolute Gasteiger partial charge is 0.163 e. The fourth-order valence-corrected chi connectivity index (χ4v) is 3.47. The van der Waals surface area contributed by atoms with E-state index in [1.54, 1.807) is 30.4 Å². The normalized spacial score (nSPS) is 12.0. The Morgan fingerprint density at radius 1 is 1.08 bits per heavy atom. The molecule has 0 saturated carbocycles. The first kappa shape index (κ1) is 15.9. The highest BCUT2D eigenvalue weighted by atomic mass is 32.2. The van der Waals surface area contributed by atoms with Gasteiger partial charge in [-0.1, -0.05) is 17.8 Å². The van der Waals surface area contributed by atoms with E-state index in [1.165, 1.54) is 5.56 Å². The van der Waals surface area contributed by atoms with E-state index < -0.39 is 0 Å². The molecule has 3 aromatic rings. The van der Waals surface area contributed by atoms with Crippen molar-refractivity contribution in [3.63, 3.8) is 0 Å². The summed E-state index contributed by atoms with van der Waals surface area (Å²) >= 11 is 1.62. The van der Waals surface area contributed by atoms with Crippen LogP contribution in [-0.2, 0) is 13.0 Å². The molecule has 0 spiro atoms. The molecule has 0 unspecified atom stereocenters. The summed E-state index contributed by atoms with van der Waals surface area (Å²) in [4.78, 5) is 14.1. The summed E-state index contributed by atoms with van der Waals surface area (Å²) in [7, 11) is 0. The summed E-state index contributed by atoms with van der Waals surface area (Å²) in [5.74, 6) is 0.800. The van der Waals surface area contributed by atoms with Gasteiger partial charge in [-0.25, -0.2) is 9.97 Å². The highest BCUT2D eigenvalue weighted by molar-refractivity contribution is 7.99. The van der Waals surface area contributed by atoms with Gasteiger partial charge >= 0.3 is 0 Å². The van der Waals surface area contributed by atoms with Crippen LogP contribution >= 0.6 is 11.8 Å². The molecule has 0 aliphatic carbocycles. The molecular weight excluding hydrogens is 334 g/mol. The van der Waals surface area contributed by atoms with Crippen LogP contribution in [0.2, 0.25) is 0 Å². The summed E-state index contributed by atoms with van der Waals surface area (Å²) in [6.07, 6.45) is 5.77. The summed E-state index contributed by atoms with van der Waals surface area (Å²) in [5, 5.41) is 16.5. The lowest BCUT2D eigenvalue weighted by atomic mass is 10.2. The number of aliphatic hydroxyl groups excluding tert-OH is 1. The van der Waals surface area contributed by atoms with Gasteiger partial charge in [0.15, 0.2) is 5.82 Å². The fourth-order valence-electron chi connectivity index (χ4n) is 2.59. The van der Waals surface area contributed by atoms with Crippen molar-refractivity contribution in [1.82, 2.24) is 15.0 Å². The lowest BCUT2D eigenvalue weighted by Gasteiger charge is -2.19. The largest absolute Gasteiger partial charge is 0.396 e. The zero-order chi connectivity index (χ0) is 17.1. The standard InChI is InChI=1S/C18H17N5OS/c24-8-5-13-2-3-14(11-22-13)21-10-12-1-4-16-15(9-12)23-17-18(25-16)20-7-6-19-17/h1-4,6-7,9,11,21,24H,5,8,10H2,(H,19,23). The number of nitrogens with one attached hydrogen (secondary N) is 2. The average molecular weight is 351 g/mol. The van der Waals surface area contributed by atoms with Crippen LogP contribution in [0.3, 0.4) is 0 Å². The quantitative estimate of drug-likeness (QED) is 0.509. The van der Waals surface area contributed by atoms with Gasteiger partial charge in [-0.3, -0.25) is 4.98 Å². The molecule has 0 fully saturated rings. The summed E-state index contributed by atoms with van der Waals surface area (Å²) in [5.41, 5.74) is 4.06. The van der Waals surface area contributed by atoms with Crippen LogP contribution in [0.15, 0.2) is 58.8 Å². The van der Waals surface area contributed by atoms with Crippen LogP contribution < -0.4 is 10.6 Å². The van der Waals surface area contributed by atoms with Gasteiger partial charge in [0.1, 0.15) is 5.03 Å². The first-order valence-electron chi connectivity index (χ1n) is 8.00. The molecular formula is C18H17N5OS. The Morgan fingerprint density at radius 3 is 2.84 bits per heavy atom. The predicted molar refractivity (Wildman–Crippen MR) is 98.2 cm³/mol. The van der Waals surface area contributed by atoms with Crippen molar-refractivity contribution < 1.29 is 5.11 Å². The Balaban J connectivity index is 1.44. The number of rotatable bonds is 5. The highest BCUT2D eigenvalue weighted by Gasteiger charge is 2.17. The molecule has 1 aromatic carbocycles. The fraction of sp³-hybridized carbons (Fsp3) is 0.167. The van der Waals surface area contributed by atoms with Crippen LogP contribution in [0.1, 0.15) is 11.3 Å². The Kier molecular flexibility index (Phi) is 4.49. The molecule has 2 aromatic heterocycles. The third-order valence-corrected chi connectivity index (χ3v) is 4.93. The molecule has 3 heterocycles. The number of aliphatic hydroxyl groups is 1. The Labute approximate surface area is 149 Å². The van der Waals surface area contributed by atoms with Crippen LogP contribution in [0.25, 0.3) is 0 Å². The second kappa shape index (κ2) is 7.08. The molecule has 3 N–H and O–H groups in total. The number of nitrogens with zero attached hydrogens (tertiary/aromatic N) is 3. The molecule has 25 heavy (non-hydrogen) atoms. The maximum absolute atomic E-state index is 8.93. The molecule has 4 rings (SSSR count). The highest BCUT2D eigenvalue weighted by Crippen LogP contribution is 2.42. The van der Waals surface area contributed by atoms with Crippen LogP contribution in [-0.4, -0.2) is 26.7 Å². The predicted octanol–water partition coefficient (Wildman–Crippen LogP) is 3.23. The number of fused-ring (bicyclic) bond motifs is 2. The van der Waals surface area contributed by atoms with Crippen LogP contribution in [0, 0.1) is 0 Å². The van der Waals surface area contributed by atoms with Crippen molar-refractivity contribution in [2.75, 3.05) is 17.2 Å². The Bertz CT molecular complexity index is 885. The molecule has 0 atom stereocenters. The van der Waals surface area contributed by atoms with Crippen molar-refractivity contribution in [3.05, 3.63) is 60.2 Å². The van der Waals surface area contributed by atoms with Gasteiger partial charge in [-0.2, -0.15) is 0 Å². The number of benzene rings is 1. The van der Waals surface area contributed by atoms with E-state index in [2.05, 4.69) is 43.8 Å². The van der Waals surface area contributed by atoms with E-state index in [-0.39, 0.29) is 6.61 Å². The zero-order valence-electron chi connectivity index (χ0n) is 13.4. The minimum Gasteiger partial charge on any atom is -0.396 e. The van der Waals surface area contributed by atoms with Gasteiger partial charge in [-0.15, -0.1) is 0 Å². The van der Waals surface area contributed by atoms with E-state index in [4.69, 9.17) is 5.11 Å². The van der Waals surface area contributed by atoms with Crippen molar-refractivity contribution in [3.8, 4) is 0 Å². The molecule has 7 heteroatoms. The minimum atomic E-state index is 0.118. The molecule has 0 bridgehead atoms. The van der Waals surface area contributed by atoms with Gasteiger partial charge in [0, 0.05) is 42.6 Å². The zero-order valence-corrected chi connectivity index (χ0v) is 14.3. The maximum atomic E-state index is 8.93. The number of hydrogen-bond acceptors (Lipinski definition) is 7. The Hall–Kier alpha value is -2.64. The number of pyridine rings is 1. The van der Waals surface area contributed by atoms with Crippen LogP contribution in [0.5, 0.6) is 0 Å². The average Bonchev–Trinajstić information content (AvgIpc) is 2.66. The Morgan fingerprint density at radius 2 is 2.00 bits per heavy atom.